The summed E-state index contributed by atoms with van der Waals surface area (Å²) in [6, 6.07) is 2.02. The lowest BCUT2D eigenvalue weighted by Crippen LogP contribution is -2.29. The number of nitro groups is 1. The number of carbonyl (C=O) groups is 1. The van der Waals surface area contributed by atoms with Crippen LogP contribution >= 0.6 is 23.2 Å². The average molecular weight is 290 g/mol. The van der Waals surface area contributed by atoms with Crippen molar-refractivity contribution >= 4 is 34.8 Å². The number of hydrogen-bond donors (Lipinski definition) is 2. The van der Waals surface area contributed by atoms with Crippen LogP contribution in [0.2, 0.25) is 10.0 Å². The molecule has 0 heterocycles. The largest absolute Gasteiger partial charge is 0.348 e. The minimum Gasteiger partial charge on any atom is -0.348 e. The predicted molar refractivity (Wildman–Crippen MR) is 67.0 cm³/mol. The van der Waals surface area contributed by atoms with Crippen molar-refractivity contribution in [2.45, 2.75) is 18.5 Å². The van der Waals surface area contributed by atoms with Gasteiger partial charge in [0.15, 0.2) is 0 Å². The van der Waals surface area contributed by atoms with Crippen molar-refractivity contribution < 1.29 is 9.72 Å². The summed E-state index contributed by atoms with van der Waals surface area (Å²) in [5, 5.41) is 13.3. The van der Waals surface area contributed by atoms with Gasteiger partial charge >= 0.3 is 0 Å². The third kappa shape index (κ3) is 2.55. The molecule has 0 aromatic heterocycles. The van der Waals surface area contributed by atoms with Gasteiger partial charge in [-0.1, -0.05) is 23.2 Å². The fourth-order valence-corrected chi connectivity index (χ4v) is 1.88. The highest BCUT2D eigenvalue weighted by Gasteiger charge is 2.35. The SMILES string of the molecule is NC1CC1NC(=O)c1cc([N+](=O)[O-])cc(Cl)c1Cl. The number of nitrogens with one attached hydrogen (secondary N) is 1. The number of benzene rings is 1. The Hall–Kier alpha value is -1.37. The number of halogens is 2. The van der Waals surface area contributed by atoms with Gasteiger partial charge in [0.1, 0.15) is 0 Å². The zero-order valence-electron chi connectivity index (χ0n) is 9.02. The summed E-state index contributed by atoms with van der Waals surface area (Å²) in [6.07, 6.45) is 0.687. The number of non-ortho nitro benzene ring substituents is 1. The minimum atomic E-state index is -0.637. The highest BCUT2D eigenvalue weighted by Crippen LogP contribution is 2.31. The van der Waals surface area contributed by atoms with E-state index in [-0.39, 0.29) is 33.4 Å². The van der Waals surface area contributed by atoms with Gasteiger partial charge in [-0.25, -0.2) is 0 Å². The Bertz CT molecular complexity index is 535. The number of rotatable bonds is 3. The molecule has 1 aromatic carbocycles. The first-order chi connectivity index (χ1) is 8.40. The number of nitrogens with zero attached hydrogens (tertiary/aromatic N) is 1. The highest BCUT2D eigenvalue weighted by molar-refractivity contribution is 6.44. The first-order valence-corrected chi connectivity index (χ1v) is 5.85. The van der Waals surface area contributed by atoms with Crippen LogP contribution in [0.3, 0.4) is 0 Å². The van der Waals surface area contributed by atoms with Crippen LogP contribution in [0.1, 0.15) is 16.8 Å². The lowest BCUT2D eigenvalue weighted by atomic mass is 10.2. The Balaban J connectivity index is 2.30. The molecule has 1 aliphatic carbocycles. The summed E-state index contributed by atoms with van der Waals surface area (Å²) >= 11 is 11.6. The molecule has 96 valence electrons. The van der Waals surface area contributed by atoms with Crippen molar-refractivity contribution in [2.75, 3.05) is 0 Å². The molecule has 3 N–H and O–H groups in total. The molecule has 0 aliphatic heterocycles. The molecule has 2 atom stereocenters. The van der Waals surface area contributed by atoms with Crippen molar-refractivity contribution in [3.05, 3.63) is 37.9 Å². The van der Waals surface area contributed by atoms with Crippen LogP contribution < -0.4 is 11.1 Å². The Labute approximate surface area is 112 Å². The fourth-order valence-electron chi connectivity index (χ4n) is 1.47. The zero-order valence-corrected chi connectivity index (χ0v) is 10.5. The molecule has 0 radical (unpaired) electrons. The van der Waals surface area contributed by atoms with E-state index in [0.717, 1.165) is 12.1 Å². The molecule has 1 aromatic rings. The van der Waals surface area contributed by atoms with Crippen molar-refractivity contribution in [3.8, 4) is 0 Å². The van der Waals surface area contributed by atoms with E-state index in [0.29, 0.717) is 6.42 Å². The van der Waals surface area contributed by atoms with Crippen LogP contribution in [-0.4, -0.2) is 22.9 Å². The van der Waals surface area contributed by atoms with E-state index in [1.807, 2.05) is 0 Å². The van der Waals surface area contributed by atoms with E-state index in [1.165, 1.54) is 0 Å². The number of hydrogen-bond acceptors (Lipinski definition) is 4. The maximum atomic E-state index is 11.9. The van der Waals surface area contributed by atoms with E-state index >= 15 is 0 Å². The number of carbonyl (C=O) groups excluding carboxylic acids is 1. The fraction of sp³-hybridized carbons (Fsp3) is 0.300. The van der Waals surface area contributed by atoms with Gasteiger partial charge < -0.3 is 11.1 Å². The molecular weight excluding hydrogens is 281 g/mol. The smallest absolute Gasteiger partial charge is 0.271 e. The summed E-state index contributed by atoms with van der Waals surface area (Å²) in [5.74, 6) is -0.511. The first kappa shape index (κ1) is 13.1. The van der Waals surface area contributed by atoms with Crippen molar-refractivity contribution in [1.82, 2.24) is 5.32 Å². The molecule has 0 spiro atoms. The second-order valence-corrected chi connectivity index (χ2v) is 4.81. The molecule has 1 saturated carbocycles. The third-order valence-corrected chi connectivity index (χ3v) is 3.43. The molecule has 1 amide bonds. The number of amides is 1. The van der Waals surface area contributed by atoms with Crippen LogP contribution in [0, 0.1) is 10.1 Å². The molecule has 0 saturated heterocycles. The maximum Gasteiger partial charge on any atom is 0.271 e. The Morgan fingerprint density at radius 1 is 1.50 bits per heavy atom. The third-order valence-electron chi connectivity index (χ3n) is 2.62. The monoisotopic (exact) mass is 289 g/mol. The van der Waals surface area contributed by atoms with Gasteiger partial charge in [-0.15, -0.1) is 0 Å². The molecule has 8 heteroatoms. The number of nitrogens with two attached hydrogens (primary N) is 1. The summed E-state index contributed by atoms with van der Waals surface area (Å²) in [6.45, 7) is 0. The number of nitro benzene ring substituents is 1. The van der Waals surface area contributed by atoms with Crippen LogP contribution in [0.15, 0.2) is 12.1 Å². The molecule has 18 heavy (non-hydrogen) atoms. The molecule has 6 nitrogen and oxygen atoms in total. The lowest BCUT2D eigenvalue weighted by Gasteiger charge is -2.07. The highest BCUT2D eigenvalue weighted by atomic mass is 35.5. The van der Waals surface area contributed by atoms with Crippen LogP contribution in [0.25, 0.3) is 0 Å². The van der Waals surface area contributed by atoms with E-state index in [2.05, 4.69) is 5.32 Å². The van der Waals surface area contributed by atoms with Crippen molar-refractivity contribution in [2.24, 2.45) is 5.73 Å². The minimum absolute atomic E-state index is 0.00557. The summed E-state index contributed by atoms with van der Waals surface area (Å²) < 4.78 is 0. The van der Waals surface area contributed by atoms with Gasteiger partial charge in [0.05, 0.1) is 20.5 Å². The molecular formula is C10H9Cl2N3O3. The normalized spacial score (nSPS) is 21.5. The summed E-state index contributed by atoms with van der Waals surface area (Å²) in [7, 11) is 0. The second kappa shape index (κ2) is 4.72. The zero-order chi connectivity index (χ0) is 13.4. The van der Waals surface area contributed by atoms with Gasteiger partial charge in [-0.05, 0) is 6.42 Å². The standard InChI is InChI=1S/C10H9Cl2N3O3/c11-6-2-4(15(17)18)1-5(9(6)12)10(16)14-8-3-7(8)13/h1-2,7-8H,3,13H2,(H,14,16). The molecule has 2 unspecified atom stereocenters. The summed E-state index contributed by atoms with van der Waals surface area (Å²) in [5.41, 5.74) is 5.26. The topological polar surface area (TPSA) is 98.3 Å². The Morgan fingerprint density at radius 2 is 2.11 bits per heavy atom. The van der Waals surface area contributed by atoms with Gasteiger partial charge in [-0.3, -0.25) is 14.9 Å². The summed E-state index contributed by atoms with van der Waals surface area (Å²) in [4.78, 5) is 21.9. The van der Waals surface area contributed by atoms with Crippen LogP contribution in [-0.2, 0) is 0 Å². The van der Waals surface area contributed by atoms with E-state index in [9.17, 15) is 14.9 Å². The average Bonchev–Trinajstić information content (AvgIpc) is 2.97. The van der Waals surface area contributed by atoms with Gasteiger partial charge in [0.2, 0.25) is 0 Å². The quantitative estimate of drug-likeness (QED) is 0.654. The van der Waals surface area contributed by atoms with Crippen LogP contribution in [0.4, 0.5) is 5.69 Å². The van der Waals surface area contributed by atoms with Crippen LogP contribution in [0.5, 0.6) is 0 Å². The molecule has 2 rings (SSSR count). The molecule has 0 bridgehead atoms. The lowest BCUT2D eigenvalue weighted by molar-refractivity contribution is -0.384. The maximum absolute atomic E-state index is 11.9. The molecule has 1 aliphatic rings. The van der Waals surface area contributed by atoms with Crippen molar-refractivity contribution in [1.29, 1.82) is 0 Å². The van der Waals surface area contributed by atoms with Gasteiger partial charge in [0, 0.05) is 24.2 Å². The Kier molecular flexibility index (Phi) is 3.43. The molecule has 1 fully saturated rings. The van der Waals surface area contributed by atoms with E-state index < -0.39 is 10.8 Å². The second-order valence-electron chi connectivity index (χ2n) is 4.03. The van der Waals surface area contributed by atoms with Gasteiger partial charge in [0.25, 0.3) is 11.6 Å². The Morgan fingerprint density at radius 3 is 2.61 bits per heavy atom. The van der Waals surface area contributed by atoms with E-state index in [1.54, 1.807) is 0 Å². The van der Waals surface area contributed by atoms with Crippen molar-refractivity contribution in [3.63, 3.8) is 0 Å². The predicted octanol–water partition coefficient (Wildman–Crippen LogP) is 1.73. The van der Waals surface area contributed by atoms with Gasteiger partial charge in [-0.2, -0.15) is 0 Å². The first-order valence-electron chi connectivity index (χ1n) is 5.10. The van der Waals surface area contributed by atoms with E-state index in [4.69, 9.17) is 28.9 Å².